The monoisotopic (exact) mass is 205 g/mol. The summed E-state index contributed by atoms with van der Waals surface area (Å²) in [5.74, 6) is 0. The molecule has 0 radical (unpaired) electrons. The Morgan fingerprint density at radius 2 is 2.07 bits per heavy atom. The normalized spacial score (nSPS) is 27.2. The van der Waals surface area contributed by atoms with E-state index in [1.807, 2.05) is 6.07 Å². The molecule has 1 aromatic carbocycles. The van der Waals surface area contributed by atoms with Crippen LogP contribution in [0.5, 0.6) is 0 Å². The fourth-order valence-electron chi connectivity index (χ4n) is 2.46. The van der Waals surface area contributed by atoms with Crippen molar-refractivity contribution in [1.82, 2.24) is 4.90 Å². The number of likely N-dealkylation sites (N-methyl/N-ethyl adjacent to an activating group) is 1. The third-order valence-electron chi connectivity index (χ3n) is 3.54. The lowest BCUT2D eigenvalue weighted by molar-refractivity contribution is 0.0482. The van der Waals surface area contributed by atoms with Gasteiger partial charge in [-0.05, 0) is 44.0 Å². The number of likely N-dealkylation sites (tertiary alicyclic amines) is 1. The number of hydrogen-bond donors (Lipinski definition) is 1. The van der Waals surface area contributed by atoms with Crippen LogP contribution in [0.2, 0.25) is 0 Å². The van der Waals surface area contributed by atoms with Crippen LogP contribution in [0, 0.1) is 13.8 Å². The molecule has 1 heterocycles. The van der Waals surface area contributed by atoms with Gasteiger partial charge in [-0.1, -0.05) is 18.2 Å². The van der Waals surface area contributed by atoms with Crippen LogP contribution in [0.15, 0.2) is 18.2 Å². The molecule has 0 saturated carbocycles. The molecule has 82 valence electrons. The van der Waals surface area contributed by atoms with Crippen LogP contribution >= 0.6 is 0 Å². The highest BCUT2D eigenvalue weighted by Crippen LogP contribution is 2.33. The first-order valence-corrected chi connectivity index (χ1v) is 5.50. The van der Waals surface area contributed by atoms with E-state index in [1.165, 1.54) is 11.1 Å². The lowest BCUT2D eigenvalue weighted by Crippen LogP contribution is -2.30. The first kappa shape index (κ1) is 10.7. The maximum absolute atomic E-state index is 10.6. The van der Waals surface area contributed by atoms with Crippen LogP contribution in [-0.4, -0.2) is 30.1 Å². The number of nitrogens with zero attached hydrogens (tertiary/aromatic N) is 1. The van der Waals surface area contributed by atoms with Crippen molar-refractivity contribution < 1.29 is 5.11 Å². The summed E-state index contributed by atoms with van der Waals surface area (Å²) < 4.78 is 0. The van der Waals surface area contributed by atoms with Gasteiger partial charge in [0.25, 0.3) is 0 Å². The van der Waals surface area contributed by atoms with E-state index < -0.39 is 5.60 Å². The Labute approximate surface area is 91.5 Å². The molecule has 1 N–H and O–H groups in total. The zero-order valence-electron chi connectivity index (χ0n) is 9.75. The Balaban J connectivity index is 2.41. The van der Waals surface area contributed by atoms with Gasteiger partial charge in [-0.2, -0.15) is 0 Å². The molecule has 2 nitrogen and oxygen atoms in total. The van der Waals surface area contributed by atoms with Gasteiger partial charge in [-0.3, -0.25) is 0 Å². The highest BCUT2D eigenvalue weighted by atomic mass is 16.3. The van der Waals surface area contributed by atoms with E-state index >= 15 is 0 Å². The Morgan fingerprint density at radius 3 is 2.67 bits per heavy atom. The zero-order chi connectivity index (χ0) is 11.1. The summed E-state index contributed by atoms with van der Waals surface area (Å²) in [7, 11) is 2.06. The third kappa shape index (κ3) is 1.80. The topological polar surface area (TPSA) is 23.5 Å². The molecule has 0 bridgehead atoms. The largest absolute Gasteiger partial charge is 0.384 e. The van der Waals surface area contributed by atoms with E-state index in [9.17, 15) is 5.11 Å². The Bertz CT molecular complexity index is 375. The van der Waals surface area contributed by atoms with Gasteiger partial charge in [-0.25, -0.2) is 0 Å². The van der Waals surface area contributed by atoms with Crippen LogP contribution in [0.25, 0.3) is 0 Å². The minimum Gasteiger partial charge on any atom is -0.384 e. The minimum atomic E-state index is -0.634. The quantitative estimate of drug-likeness (QED) is 0.756. The highest BCUT2D eigenvalue weighted by molar-refractivity contribution is 5.38. The lowest BCUT2D eigenvalue weighted by Gasteiger charge is -2.25. The second-order valence-electron chi connectivity index (χ2n) is 4.77. The predicted octanol–water partition coefficient (Wildman–Crippen LogP) is 1.83. The van der Waals surface area contributed by atoms with Crippen LogP contribution in [0.1, 0.15) is 23.1 Å². The highest BCUT2D eigenvalue weighted by Gasteiger charge is 2.37. The van der Waals surface area contributed by atoms with Crippen molar-refractivity contribution in [2.45, 2.75) is 25.9 Å². The molecule has 1 aliphatic rings. The predicted molar refractivity (Wildman–Crippen MR) is 61.9 cm³/mol. The molecule has 0 aliphatic carbocycles. The van der Waals surface area contributed by atoms with Crippen LogP contribution in [0.4, 0.5) is 0 Å². The summed E-state index contributed by atoms with van der Waals surface area (Å²) in [4.78, 5) is 2.18. The molecule has 15 heavy (non-hydrogen) atoms. The Kier molecular flexibility index (Phi) is 2.57. The SMILES string of the molecule is Cc1cccc(C2(O)CCN(C)C2)c1C. The van der Waals surface area contributed by atoms with Crippen molar-refractivity contribution in [2.75, 3.05) is 20.1 Å². The number of aryl methyl sites for hydroxylation is 1. The van der Waals surface area contributed by atoms with E-state index in [0.717, 1.165) is 25.1 Å². The first-order valence-electron chi connectivity index (χ1n) is 5.50. The summed E-state index contributed by atoms with van der Waals surface area (Å²) in [5, 5.41) is 10.6. The zero-order valence-corrected chi connectivity index (χ0v) is 9.75. The fraction of sp³-hybridized carbons (Fsp3) is 0.538. The number of β-amino-alcohol motifs (C(OH)–C–C–N with tert-alkyl or cyclic N) is 1. The van der Waals surface area contributed by atoms with Crippen LogP contribution in [0.3, 0.4) is 0 Å². The molecule has 0 aromatic heterocycles. The van der Waals surface area contributed by atoms with Gasteiger partial charge in [0.15, 0.2) is 0 Å². The van der Waals surface area contributed by atoms with Crippen molar-refractivity contribution in [3.05, 3.63) is 34.9 Å². The summed E-state index contributed by atoms with van der Waals surface area (Å²) in [6.07, 6.45) is 0.841. The Morgan fingerprint density at radius 1 is 1.33 bits per heavy atom. The Hall–Kier alpha value is -0.860. The molecular formula is C13H19NO. The fourth-order valence-corrected chi connectivity index (χ4v) is 2.46. The number of benzene rings is 1. The van der Waals surface area contributed by atoms with Gasteiger partial charge in [0.2, 0.25) is 0 Å². The van der Waals surface area contributed by atoms with E-state index in [-0.39, 0.29) is 0 Å². The maximum atomic E-state index is 10.6. The van der Waals surface area contributed by atoms with Gasteiger partial charge in [0, 0.05) is 13.1 Å². The van der Waals surface area contributed by atoms with Crippen LogP contribution in [-0.2, 0) is 5.60 Å². The average Bonchev–Trinajstić information content (AvgIpc) is 2.52. The lowest BCUT2D eigenvalue weighted by atomic mass is 9.88. The summed E-state index contributed by atoms with van der Waals surface area (Å²) in [5.41, 5.74) is 2.96. The van der Waals surface area contributed by atoms with Gasteiger partial charge in [0.1, 0.15) is 5.60 Å². The molecule has 1 fully saturated rings. The molecule has 1 atom stereocenters. The molecule has 2 heteroatoms. The summed E-state index contributed by atoms with van der Waals surface area (Å²) in [6.45, 7) is 5.92. The van der Waals surface area contributed by atoms with Crippen molar-refractivity contribution in [3.63, 3.8) is 0 Å². The van der Waals surface area contributed by atoms with Crippen molar-refractivity contribution in [2.24, 2.45) is 0 Å². The van der Waals surface area contributed by atoms with E-state index in [1.54, 1.807) is 0 Å². The minimum absolute atomic E-state index is 0.634. The second-order valence-corrected chi connectivity index (χ2v) is 4.77. The van der Waals surface area contributed by atoms with Crippen molar-refractivity contribution >= 4 is 0 Å². The van der Waals surface area contributed by atoms with Gasteiger partial charge < -0.3 is 10.0 Å². The van der Waals surface area contributed by atoms with Crippen LogP contribution < -0.4 is 0 Å². The molecule has 1 saturated heterocycles. The van der Waals surface area contributed by atoms with Gasteiger partial charge >= 0.3 is 0 Å². The summed E-state index contributed by atoms with van der Waals surface area (Å²) >= 11 is 0. The number of aliphatic hydroxyl groups is 1. The van der Waals surface area contributed by atoms with E-state index in [0.29, 0.717) is 0 Å². The second kappa shape index (κ2) is 3.62. The number of hydrogen-bond acceptors (Lipinski definition) is 2. The summed E-state index contributed by atoms with van der Waals surface area (Å²) in [6, 6.07) is 6.19. The van der Waals surface area contributed by atoms with Crippen molar-refractivity contribution in [3.8, 4) is 0 Å². The van der Waals surface area contributed by atoms with E-state index in [4.69, 9.17) is 0 Å². The third-order valence-corrected chi connectivity index (χ3v) is 3.54. The van der Waals surface area contributed by atoms with E-state index in [2.05, 4.69) is 37.9 Å². The standard InChI is InChI=1S/C13H19NO/c1-10-5-4-6-12(11(10)2)13(15)7-8-14(3)9-13/h4-6,15H,7-9H2,1-3H3. The van der Waals surface area contributed by atoms with Crippen molar-refractivity contribution in [1.29, 1.82) is 0 Å². The first-order chi connectivity index (χ1) is 7.03. The van der Waals surface area contributed by atoms with Gasteiger partial charge in [-0.15, -0.1) is 0 Å². The smallest absolute Gasteiger partial charge is 0.104 e. The maximum Gasteiger partial charge on any atom is 0.104 e. The molecule has 2 rings (SSSR count). The average molecular weight is 205 g/mol. The molecule has 0 spiro atoms. The molecule has 1 aliphatic heterocycles. The molecule has 1 aromatic rings. The molecule has 1 unspecified atom stereocenters. The molecular weight excluding hydrogens is 186 g/mol. The van der Waals surface area contributed by atoms with Gasteiger partial charge in [0.05, 0.1) is 0 Å². The number of rotatable bonds is 1. The molecule has 0 amide bonds.